The zero-order valence-corrected chi connectivity index (χ0v) is 32.2. The zero-order chi connectivity index (χ0) is 38.6. The van der Waals surface area contributed by atoms with Crippen LogP contribution in [0.4, 0.5) is 19.4 Å². The Hall–Kier alpha value is -5.10. The summed E-state index contributed by atoms with van der Waals surface area (Å²) in [6, 6.07) is 21.3. The van der Waals surface area contributed by atoms with E-state index in [0.717, 1.165) is 61.4 Å². The fraction of sp³-hybridized carbons (Fsp3) is 0.455. The van der Waals surface area contributed by atoms with E-state index in [1.807, 2.05) is 92.4 Å². The van der Waals surface area contributed by atoms with Crippen LogP contribution in [0.25, 0.3) is 32.9 Å². The molecule has 4 aliphatic heterocycles. The fourth-order valence-corrected chi connectivity index (χ4v) is 9.48. The van der Waals surface area contributed by atoms with Crippen LogP contribution in [0.2, 0.25) is 0 Å². The van der Waals surface area contributed by atoms with Crippen molar-refractivity contribution in [3.8, 4) is 23.0 Å². The van der Waals surface area contributed by atoms with Gasteiger partial charge in [0.2, 0.25) is 0 Å². The topological polar surface area (TPSA) is 93.2 Å². The minimum atomic E-state index is -0.611. The zero-order valence-electron chi connectivity index (χ0n) is 32.2. The van der Waals surface area contributed by atoms with Gasteiger partial charge in [0.15, 0.2) is 5.82 Å². The molecule has 4 atom stereocenters. The molecule has 4 aliphatic rings. The van der Waals surface area contributed by atoms with E-state index in [4.69, 9.17) is 29.2 Å². The summed E-state index contributed by atoms with van der Waals surface area (Å²) in [7, 11) is 0. The molecule has 5 aromatic rings. The van der Waals surface area contributed by atoms with Gasteiger partial charge in [0, 0.05) is 30.9 Å². The normalized spacial score (nSPS) is 23.6. The summed E-state index contributed by atoms with van der Waals surface area (Å²) >= 11 is 0. The lowest BCUT2D eigenvalue weighted by atomic mass is 9.95. The van der Waals surface area contributed by atoms with Crippen LogP contribution in [0, 0.1) is 5.82 Å². The molecule has 9 rings (SSSR count). The summed E-state index contributed by atoms with van der Waals surface area (Å²) in [4.78, 5) is 34.0. The minimum Gasteiger partial charge on any atom is -0.489 e. The highest BCUT2D eigenvalue weighted by atomic mass is 19.1. The molecule has 0 aliphatic carbocycles. The van der Waals surface area contributed by atoms with Crippen LogP contribution in [0.5, 0.6) is 11.8 Å². The molecule has 3 aromatic carbocycles. The monoisotopic (exact) mass is 762 g/mol. The molecule has 56 heavy (non-hydrogen) atoms. The van der Waals surface area contributed by atoms with Crippen LogP contribution in [-0.2, 0) is 11.3 Å². The Labute approximate surface area is 325 Å². The summed E-state index contributed by atoms with van der Waals surface area (Å²) in [5, 5.41) is 2.18. The van der Waals surface area contributed by atoms with Crippen molar-refractivity contribution in [2.24, 2.45) is 0 Å². The molecule has 0 radical (unpaired) electrons. The quantitative estimate of drug-likeness (QED) is 0.147. The first-order valence-corrected chi connectivity index (χ1v) is 19.9. The highest BCUT2D eigenvalue weighted by Gasteiger charge is 2.50. The molecule has 292 valence electrons. The molecular weight excluding hydrogens is 715 g/mol. The van der Waals surface area contributed by atoms with Crippen molar-refractivity contribution in [3.05, 3.63) is 84.3 Å². The highest BCUT2D eigenvalue weighted by molar-refractivity contribution is 6.00. The van der Waals surface area contributed by atoms with Crippen molar-refractivity contribution in [2.45, 2.75) is 95.2 Å². The summed E-state index contributed by atoms with van der Waals surface area (Å²) in [6.07, 6.45) is 6.47. The molecule has 1 amide bonds. The number of carbonyl (C=O) groups is 1. The van der Waals surface area contributed by atoms with Gasteiger partial charge in [-0.2, -0.15) is 9.97 Å². The van der Waals surface area contributed by atoms with Crippen molar-refractivity contribution < 1.29 is 27.8 Å². The van der Waals surface area contributed by atoms with E-state index in [0.29, 0.717) is 42.2 Å². The lowest BCUT2D eigenvalue weighted by Crippen LogP contribution is -2.57. The van der Waals surface area contributed by atoms with Gasteiger partial charge in [-0.3, -0.25) is 14.8 Å². The highest BCUT2D eigenvalue weighted by Crippen LogP contribution is 2.44. The van der Waals surface area contributed by atoms with Gasteiger partial charge in [0.25, 0.3) is 0 Å². The Balaban J connectivity index is 1.10. The number of pyridine rings is 1. The van der Waals surface area contributed by atoms with E-state index in [-0.39, 0.29) is 60.3 Å². The summed E-state index contributed by atoms with van der Waals surface area (Å²) < 4.78 is 49.9. The van der Waals surface area contributed by atoms with E-state index in [9.17, 15) is 9.18 Å². The van der Waals surface area contributed by atoms with Crippen LogP contribution in [0.3, 0.4) is 0 Å². The molecule has 0 N–H and O–H groups in total. The number of amides is 1. The van der Waals surface area contributed by atoms with Crippen molar-refractivity contribution in [2.75, 3.05) is 37.8 Å². The standard InChI is InChI=1S/C44H48F2N6O4/c1-43(2,3)56-42(53)52-31-14-15-32(52)25-50(24-31)40-36-23-47-38(35-21-33(20-29-12-7-8-13-34(29)35)54-26-28-10-5-4-6-11-28)37(46)39(36)48-41(49-40)55-27-44-17-9-19-51(44)30(22-45)16-18-44/h4-8,10-13,20-21,23,30-32H,9,14-19,22,24-27H2,1-3H3/t30?,31-,32+,44?. The van der Waals surface area contributed by atoms with Crippen LogP contribution < -0.4 is 14.4 Å². The number of hydrogen-bond donors (Lipinski definition) is 0. The van der Waals surface area contributed by atoms with Gasteiger partial charge in [-0.25, -0.2) is 13.6 Å². The summed E-state index contributed by atoms with van der Waals surface area (Å²) in [5.74, 6) is 0.524. The molecule has 6 heterocycles. The van der Waals surface area contributed by atoms with Crippen molar-refractivity contribution in [1.82, 2.24) is 24.8 Å². The number of piperazine rings is 1. The number of alkyl halides is 1. The predicted octanol–water partition coefficient (Wildman–Crippen LogP) is 8.50. The first-order chi connectivity index (χ1) is 27.1. The molecule has 2 aromatic heterocycles. The number of hydrogen-bond acceptors (Lipinski definition) is 9. The summed E-state index contributed by atoms with van der Waals surface area (Å²) in [6.45, 7) is 7.70. The third-order valence-corrected chi connectivity index (χ3v) is 12.1. The average Bonchev–Trinajstić information content (AvgIpc) is 3.85. The first kappa shape index (κ1) is 36.5. The number of benzene rings is 3. The minimum absolute atomic E-state index is 0.0696. The second-order valence-corrected chi connectivity index (χ2v) is 16.8. The van der Waals surface area contributed by atoms with Crippen molar-refractivity contribution >= 4 is 33.6 Å². The smallest absolute Gasteiger partial charge is 0.410 e. The number of halogens is 2. The average molecular weight is 763 g/mol. The Morgan fingerprint density at radius 2 is 1.70 bits per heavy atom. The second-order valence-electron chi connectivity index (χ2n) is 16.8. The number of aromatic nitrogens is 3. The van der Waals surface area contributed by atoms with Gasteiger partial charge in [-0.15, -0.1) is 0 Å². The van der Waals surface area contributed by atoms with Gasteiger partial charge < -0.3 is 19.1 Å². The number of ether oxygens (including phenoxy) is 3. The van der Waals surface area contributed by atoms with Crippen LogP contribution in [0.15, 0.2) is 72.9 Å². The van der Waals surface area contributed by atoms with E-state index in [1.165, 1.54) is 0 Å². The Morgan fingerprint density at radius 1 is 0.929 bits per heavy atom. The molecule has 4 fully saturated rings. The number of nitrogens with zero attached hydrogens (tertiary/aromatic N) is 6. The van der Waals surface area contributed by atoms with Crippen molar-refractivity contribution in [3.63, 3.8) is 0 Å². The van der Waals surface area contributed by atoms with E-state index in [1.54, 1.807) is 6.20 Å². The summed E-state index contributed by atoms with van der Waals surface area (Å²) in [5.41, 5.74) is 0.944. The first-order valence-electron chi connectivity index (χ1n) is 19.9. The van der Waals surface area contributed by atoms with Crippen LogP contribution in [0.1, 0.15) is 64.9 Å². The molecule has 12 heteroatoms. The maximum Gasteiger partial charge on any atom is 0.410 e. The molecule has 2 unspecified atom stereocenters. The van der Waals surface area contributed by atoms with E-state index >= 15 is 4.39 Å². The van der Waals surface area contributed by atoms with E-state index < -0.39 is 11.4 Å². The molecule has 0 spiro atoms. The SMILES string of the molecule is CC(C)(C)OC(=O)N1[C@@H]2CC[C@H]1CN(c1nc(OCC34CCCN3C(CF)CC4)nc3c(F)c(-c4cc(OCc5ccccc5)cc5ccccc45)ncc13)C2. The predicted molar refractivity (Wildman–Crippen MR) is 211 cm³/mol. The van der Waals surface area contributed by atoms with Gasteiger partial charge in [-0.05, 0) is 94.3 Å². The number of rotatable bonds is 9. The Bertz CT molecular complexity index is 2260. The maximum atomic E-state index is 17.3. The molecular formula is C44H48F2N6O4. The van der Waals surface area contributed by atoms with Crippen molar-refractivity contribution in [1.29, 1.82) is 0 Å². The maximum absolute atomic E-state index is 17.3. The van der Waals surface area contributed by atoms with E-state index in [2.05, 4.69) is 9.80 Å². The molecule has 2 bridgehead atoms. The number of carbonyl (C=O) groups excluding carboxylic acids is 1. The third-order valence-electron chi connectivity index (χ3n) is 12.1. The lowest BCUT2D eigenvalue weighted by molar-refractivity contribution is 0.0122. The largest absolute Gasteiger partial charge is 0.489 e. The van der Waals surface area contributed by atoms with Gasteiger partial charge >= 0.3 is 12.1 Å². The Kier molecular flexibility index (Phi) is 9.42. The lowest BCUT2D eigenvalue weighted by Gasteiger charge is -2.42. The molecule has 10 nitrogen and oxygen atoms in total. The van der Waals surface area contributed by atoms with Crippen LogP contribution in [-0.4, -0.2) is 93.0 Å². The third kappa shape index (κ3) is 6.75. The number of fused-ring (bicyclic) bond motifs is 5. The van der Waals surface area contributed by atoms with Gasteiger partial charge in [0.1, 0.15) is 48.3 Å². The Morgan fingerprint density at radius 3 is 2.46 bits per heavy atom. The van der Waals surface area contributed by atoms with Crippen LogP contribution >= 0.6 is 0 Å². The van der Waals surface area contributed by atoms with Gasteiger partial charge in [-0.1, -0.05) is 54.6 Å². The number of anilines is 1. The second kappa shape index (κ2) is 14.4. The molecule has 4 saturated heterocycles. The molecule has 0 saturated carbocycles. The fourth-order valence-electron chi connectivity index (χ4n) is 9.48. The van der Waals surface area contributed by atoms with Gasteiger partial charge in [0.05, 0.1) is 23.0 Å².